The summed E-state index contributed by atoms with van der Waals surface area (Å²) in [5, 5.41) is 2.67. The second-order valence-corrected chi connectivity index (χ2v) is 7.92. The van der Waals surface area contributed by atoms with Crippen LogP contribution < -0.4 is 14.8 Å². The number of hydrogen-bond donors (Lipinski definition) is 1. The van der Waals surface area contributed by atoms with E-state index in [-0.39, 0.29) is 17.5 Å². The molecular weight excluding hydrogens is 453 g/mol. The average molecular weight is 476 g/mol. The van der Waals surface area contributed by atoms with Crippen LogP contribution in [0.15, 0.2) is 91.0 Å². The molecule has 1 amide bonds. The van der Waals surface area contributed by atoms with Gasteiger partial charge in [0.25, 0.3) is 5.91 Å². The summed E-state index contributed by atoms with van der Waals surface area (Å²) in [5.41, 5.74) is 3.79. The highest BCUT2D eigenvalue weighted by atomic mass is 35.5. The van der Waals surface area contributed by atoms with Crippen LogP contribution in [0.2, 0.25) is 5.02 Å². The zero-order chi connectivity index (χ0) is 23.9. The van der Waals surface area contributed by atoms with E-state index in [1.807, 2.05) is 49.4 Å². The number of amides is 1. The zero-order valence-electron chi connectivity index (χ0n) is 18.6. The van der Waals surface area contributed by atoms with Crippen molar-refractivity contribution in [2.75, 3.05) is 11.9 Å². The maximum atomic E-state index is 13.4. The van der Waals surface area contributed by atoms with Crippen molar-refractivity contribution in [1.82, 2.24) is 0 Å². The van der Waals surface area contributed by atoms with Crippen molar-refractivity contribution >= 4 is 23.2 Å². The highest BCUT2D eigenvalue weighted by Gasteiger charge is 2.13. The van der Waals surface area contributed by atoms with Crippen molar-refractivity contribution in [3.05, 3.63) is 113 Å². The summed E-state index contributed by atoms with van der Waals surface area (Å²) < 4.78 is 25.1. The monoisotopic (exact) mass is 475 g/mol. The molecule has 4 rings (SSSR count). The fourth-order valence-corrected chi connectivity index (χ4v) is 3.62. The van der Waals surface area contributed by atoms with E-state index in [1.54, 1.807) is 18.2 Å². The number of carbonyl (C=O) groups excluding carboxylic acids is 1. The van der Waals surface area contributed by atoms with E-state index in [0.29, 0.717) is 29.4 Å². The minimum atomic E-state index is -0.544. The van der Waals surface area contributed by atoms with E-state index in [2.05, 4.69) is 17.4 Å². The Morgan fingerprint density at radius 2 is 1.62 bits per heavy atom. The Morgan fingerprint density at radius 3 is 2.32 bits per heavy atom. The molecule has 0 aliphatic heterocycles. The predicted molar refractivity (Wildman–Crippen MR) is 133 cm³/mol. The molecule has 0 aliphatic rings. The lowest BCUT2D eigenvalue weighted by Crippen LogP contribution is -2.13. The van der Waals surface area contributed by atoms with Gasteiger partial charge in [-0.3, -0.25) is 4.79 Å². The molecule has 0 unspecified atom stereocenters. The van der Waals surface area contributed by atoms with Crippen LogP contribution in [0.5, 0.6) is 11.5 Å². The van der Waals surface area contributed by atoms with Gasteiger partial charge in [-0.15, -0.1) is 0 Å². The molecule has 4 aromatic carbocycles. The molecule has 0 aromatic heterocycles. The largest absolute Gasteiger partial charge is 0.493 e. The van der Waals surface area contributed by atoms with Gasteiger partial charge < -0.3 is 14.8 Å². The summed E-state index contributed by atoms with van der Waals surface area (Å²) in [5.74, 6) is 0.457. The van der Waals surface area contributed by atoms with E-state index in [0.717, 1.165) is 16.7 Å². The molecule has 0 heterocycles. The average Bonchev–Trinajstić information content (AvgIpc) is 2.86. The highest BCUT2D eigenvalue weighted by Crippen LogP contribution is 2.26. The lowest BCUT2D eigenvalue weighted by atomic mass is 10.1. The first kappa shape index (κ1) is 23.3. The van der Waals surface area contributed by atoms with Crippen LogP contribution in [0.3, 0.4) is 0 Å². The topological polar surface area (TPSA) is 47.6 Å². The maximum Gasteiger partial charge on any atom is 0.255 e. The van der Waals surface area contributed by atoms with Crippen LogP contribution in [0.25, 0.3) is 11.1 Å². The van der Waals surface area contributed by atoms with E-state index < -0.39 is 5.82 Å². The summed E-state index contributed by atoms with van der Waals surface area (Å²) in [6, 6.07) is 27.1. The van der Waals surface area contributed by atoms with Crippen molar-refractivity contribution < 1.29 is 18.7 Å². The molecule has 1 N–H and O–H groups in total. The molecule has 0 saturated carbocycles. The van der Waals surface area contributed by atoms with Crippen LogP contribution in [-0.2, 0) is 6.61 Å². The number of rotatable bonds is 8. The lowest BCUT2D eigenvalue weighted by Gasteiger charge is -2.14. The smallest absolute Gasteiger partial charge is 0.255 e. The third-order valence-corrected chi connectivity index (χ3v) is 5.45. The van der Waals surface area contributed by atoms with E-state index in [1.165, 1.54) is 18.2 Å². The second kappa shape index (κ2) is 10.9. The Labute approximate surface area is 202 Å². The quantitative estimate of drug-likeness (QED) is 0.289. The Bertz CT molecular complexity index is 1280. The third kappa shape index (κ3) is 5.74. The van der Waals surface area contributed by atoms with Crippen molar-refractivity contribution in [2.24, 2.45) is 0 Å². The molecule has 0 saturated heterocycles. The van der Waals surface area contributed by atoms with Gasteiger partial charge in [0.05, 0.1) is 11.6 Å². The summed E-state index contributed by atoms with van der Waals surface area (Å²) >= 11 is 5.81. The third-order valence-electron chi connectivity index (χ3n) is 5.16. The minimum absolute atomic E-state index is 0.0585. The molecule has 0 spiro atoms. The molecule has 0 fully saturated rings. The Morgan fingerprint density at radius 1 is 0.882 bits per heavy atom. The number of halogens is 2. The van der Waals surface area contributed by atoms with Crippen LogP contribution in [-0.4, -0.2) is 12.5 Å². The minimum Gasteiger partial charge on any atom is -0.493 e. The summed E-state index contributed by atoms with van der Waals surface area (Å²) in [6.45, 7) is 2.60. The van der Waals surface area contributed by atoms with Crippen molar-refractivity contribution in [3.8, 4) is 22.6 Å². The van der Waals surface area contributed by atoms with Gasteiger partial charge in [-0.05, 0) is 66.6 Å². The molecule has 0 bridgehead atoms. The van der Waals surface area contributed by atoms with E-state index in [4.69, 9.17) is 21.1 Å². The number of carbonyl (C=O) groups is 1. The first-order valence-corrected chi connectivity index (χ1v) is 11.2. The molecule has 34 heavy (non-hydrogen) atoms. The van der Waals surface area contributed by atoms with Crippen LogP contribution in [0.4, 0.5) is 10.1 Å². The number of hydrogen-bond acceptors (Lipinski definition) is 3. The SMILES string of the molecule is CCOc1ccc(C(=O)Nc2ccc(F)c(Cl)c2)cc1COc1ccc(-c2ccccc2)cc1. The number of benzene rings is 4. The summed E-state index contributed by atoms with van der Waals surface area (Å²) in [6.07, 6.45) is 0. The molecule has 6 heteroatoms. The first-order valence-electron chi connectivity index (χ1n) is 10.8. The van der Waals surface area contributed by atoms with Crippen LogP contribution in [0.1, 0.15) is 22.8 Å². The lowest BCUT2D eigenvalue weighted by molar-refractivity contribution is 0.102. The summed E-state index contributed by atoms with van der Waals surface area (Å²) in [4.78, 5) is 12.7. The van der Waals surface area contributed by atoms with Gasteiger partial charge in [0, 0.05) is 16.8 Å². The second-order valence-electron chi connectivity index (χ2n) is 7.52. The van der Waals surface area contributed by atoms with E-state index in [9.17, 15) is 9.18 Å². The molecule has 0 aliphatic carbocycles. The Hall–Kier alpha value is -3.83. The van der Waals surface area contributed by atoms with Gasteiger partial charge in [-0.25, -0.2) is 4.39 Å². The molecule has 0 atom stereocenters. The standard InChI is InChI=1S/C28H23ClFNO3/c1-2-33-27-15-10-21(28(32)31-23-11-14-26(30)25(29)17-23)16-22(27)18-34-24-12-8-20(9-13-24)19-6-4-3-5-7-19/h3-17H,2,18H2,1H3,(H,31,32). The van der Waals surface area contributed by atoms with E-state index >= 15 is 0 Å². The van der Waals surface area contributed by atoms with Gasteiger partial charge in [-0.1, -0.05) is 54.1 Å². The van der Waals surface area contributed by atoms with Crippen LogP contribution in [0, 0.1) is 5.82 Å². The maximum absolute atomic E-state index is 13.4. The molecule has 172 valence electrons. The molecular formula is C28H23ClFNO3. The zero-order valence-corrected chi connectivity index (χ0v) is 19.3. The predicted octanol–water partition coefficient (Wildman–Crippen LogP) is 7.38. The Balaban J connectivity index is 1.48. The van der Waals surface area contributed by atoms with Gasteiger partial charge >= 0.3 is 0 Å². The van der Waals surface area contributed by atoms with Crippen molar-refractivity contribution in [3.63, 3.8) is 0 Å². The molecule has 0 radical (unpaired) electrons. The Kier molecular flexibility index (Phi) is 7.45. The molecule has 4 aromatic rings. The fraction of sp³-hybridized carbons (Fsp3) is 0.107. The van der Waals surface area contributed by atoms with Crippen molar-refractivity contribution in [1.29, 1.82) is 0 Å². The van der Waals surface area contributed by atoms with Gasteiger partial charge in [-0.2, -0.15) is 0 Å². The summed E-state index contributed by atoms with van der Waals surface area (Å²) in [7, 11) is 0. The normalized spacial score (nSPS) is 10.6. The fourth-order valence-electron chi connectivity index (χ4n) is 3.44. The highest BCUT2D eigenvalue weighted by molar-refractivity contribution is 6.31. The number of ether oxygens (including phenoxy) is 2. The number of nitrogens with one attached hydrogen (secondary N) is 1. The van der Waals surface area contributed by atoms with Gasteiger partial charge in [0.1, 0.15) is 23.9 Å². The van der Waals surface area contributed by atoms with Crippen LogP contribution >= 0.6 is 11.6 Å². The first-order chi connectivity index (χ1) is 16.5. The molecule has 4 nitrogen and oxygen atoms in total. The van der Waals surface area contributed by atoms with Crippen molar-refractivity contribution in [2.45, 2.75) is 13.5 Å². The van der Waals surface area contributed by atoms with Gasteiger partial charge in [0.2, 0.25) is 0 Å². The number of anilines is 1. The van der Waals surface area contributed by atoms with Gasteiger partial charge in [0.15, 0.2) is 0 Å².